The topological polar surface area (TPSA) is 63.1 Å². The lowest BCUT2D eigenvalue weighted by atomic mass is 10.1. The molecular weight excluding hydrogens is 394 g/mol. The number of aromatic nitrogens is 3. The first-order valence-corrected chi connectivity index (χ1v) is 9.56. The molecule has 3 aromatic rings. The van der Waals surface area contributed by atoms with Gasteiger partial charge in [0.25, 0.3) is 5.91 Å². The van der Waals surface area contributed by atoms with Crippen LogP contribution in [0.4, 0.5) is 11.4 Å². The molecule has 0 saturated carbocycles. The number of fused-ring (bicyclic) bond motifs is 1. The third-order valence-corrected chi connectivity index (χ3v) is 5.20. The lowest BCUT2D eigenvalue weighted by molar-refractivity contribution is 0.102. The van der Waals surface area contributed by atoms with Crippen molar-refractivity contribution < 1.29 is 4.79 Å². The van der Waals surface area contributed by atoms with Crippen LogP contribution in [-0.2, 0) is 7.05 Å². The van der Waals surface area contributed by atoms with Crippen molar-refractivity contribution in [2.75, 3.05) is 23.3 Å². The third-order valence-electron chi connectivity index (χ3n) is 4.76. The van der Waals surface area contributed by atoms with E-state index in [0.29, 0.717) is 10.3 Å². The number of piperidine rings is 1. The Morgan fingerprint density at radius 1 is 1.19 bits per heavy atom. The van der Waals surface area contributed by atoms with Crippen LogP contribution in [0.5, 0.6) is 0 Å². The van der Waals surface area contributed by atoms with Crippen LogP contribution in [0.1, 0.15) is 29.8 Å². The second kappa shape index (κ2) is 7.07. The number of anilines is 2. The van der Waals surface area contributed by atoms with Gasteiger partial charge in [-0.15, -0.1) is 0 Å². The van der Waals surface area contributed by atoms with Crippen molar-refractivity contribution >= 4 is 44.1 Å². The minimum absolute atomic E-state index is 0.217. The molecule has 0 spiro atoms. The lowest BCUT2D eigenvalue weighted by Gasteiger charge is -2.30. The van der Waals surface area contributed by atoms with Crippen molar-refractivity contribution in [3.05, 3.63) is 46.8 Å². The zero-order valence-electron chi connectivity index (χ0n) is 14.6. The Morgan fingerprint density at radius 3 is 2.77 bits per heavy atom. The Labute approximate surface area is 160 Å². The number of carbonyl (C=O) groups excluding carboxylic acids is 1. The van der Waals surface area contributed by atoms with Crippen molar-refractivity contribution in [1.82, 2.24) is 14.8 Å². The van der Waals surface area contributed by atoms with Gasteiger partial charge in [-0.05, 0) is 59.5 Å². The van der Waals surface area contributed by atoms with Gasteiger partial charge in [0.2, 0.25) is 0 Å². The zero-order valence-corrected chi connectivity index (χ0v) is 16.2. The molecule has 7 heteroatoms. The van der Waals surface area contributed by atoms with E-state index >= 15 is 0 Å². The minimum atomic E-state index is -0.217. The van der Waals surface area contributed by atoms with Gasteiger partial charge in [-0.3, -0.25) is 9.48 Å². The van der Waals surface area contributed by atoms with Crippen LogP contribution in [-0.4, -0.2) is 33.8 Å². The molecule has 2 aromatic heterocycles. The number of hydrogen-bond donors (Lipinski definition) is 1. The molecule has 4 rings (SSSR count). The molecule has 1 N–H and O–H groups in total. The van der Waals surface area contributed by atoms with Crippen LogP contribution in [0.3, 0.4) is 0 Å². The summed E-state index contributed by atoms with van der Waals surface area (Å²) in [5.41, 5.74) is 3.22. The Morgan fingerprint density at radius 2 is 2.00 bits per heavy atom. The van der Waals surface area contributed by atoms with Gasteiger partial charge in [-0.2, -0.15) is 5.10 Å². The normalized spacial score (nSPS) is 14.6. The monoisotopic (exact) mass is 413 g/mol. The molecule has 0 unspecified atom stereocenters. The van der Waals surface area contributed by atoms with Crippen LogP contribution in [0, 0.1) is 0 Å². The standard InChI is InChI=1S/C19H20BrN5O/c1-24-16-11-15(23-19(26)14-6-5-7-18(20)22-14)17(10-13(16)12-21-24)25-8-3-2-4-9-25/h5-7,10-12H,2-4,8-9H2,1H3,(H,23,26). The fourth-order valence-corrected chi connectivity index (χ4v) is 3.75. The summed E-state index contributed by atoms with van der Waals surface area (Å²) < 4.78 is 2.46. The molecule has 26 heavy (non-hydrogen) atoms. The fourth-order valence-electron chi connectivity index (χ4n) is 3.41. The first kappa shape index (κ1) is 17.0. The maximum Gasteiger partial charge on any atom is 0.274 e. The minimum Gasteiger partial charge on any atom is -0.370 e. The summed E-state index contributed by atoms with van der Waals surface area (Å²) in [4.78, 5) is 19.3. The molecule has 0 atom stereocenters. The summed E-state index contributed by atoms with van der Waals surface area (Å²) in [6.45, 7) is 2.01. The number of aryl methyl sites for hydroxylation is 1. The Hall–Kier alpha value is -2.41. The Kier molecular flexibility index (Phi) is 4.63. The van der Waals surface area contributed by atoms with Crippen LogP contribution in [0.2, 0.25) is 0 Å². The van der Waals surface area contributed by atoms with Crippen molar-refractivity contribution in [2.45, 2.75) is 19.3 Å². The van der Waals surface area contributed by atoms with Crippen molar-refractivity contribution in [1.29, 1.82) is 0 Å². The molecule has 0 aliphatic carbocycles. The summed E-state index contributed by atoms with van der Waals surface area (Å²) in [6.07, 6.45) is 5.47. The second-order valence-electron chi connectivity index (χ2n) is 6.54. The fraction of sp³-hybridized carbons (Fsp3) is 0.316. The predicted molar refractivity (Wildman–Crippen MR) is 107 cm³/mol. The Bertz CT molecular complexity index is 962. The molecule has 1 saturated heterocycles. The highest BCUT2D eigenvalue weighted by Crippen LogP contribution is 2.33. The van der Waals surface area contributed by atoms with E-state index in [-0.39, 0.29) is 5.91 Å². The maximum atomic E-state index is 12.7. The summed E-state index contributed by atoms with van der Waals surface area (Å²) in [5.74, 6) is -0.217. The predicted octanol–water partition coefficient (Wildman–Crippen LogP) is 3.97. The number of nitrogens with one attached hydrogen (secondary N) is 1. The van der Waals surface area contributed by atoms with Gasteiger partial charge >= 0.3 is 0 Å². The van der Waals surface area contributed by atoms with Crippen LogP contribution in [0.25, 0.3) is 10.9 Å². The average molecular weight is 414 g/mol. The highest BCUT2D eigenvalue weighted by molar-refractivity contribution is 9.10. The van der Waals surface area contributed by atoms with Gasteiger partial charge in [0.1, 0.15) is 10.3 Å². The maximum absolute atomic E-state index is 12.7. The summed E-state index contributed by atoms with van der Waals surface area (Å²) in [5, 5.41) is 8.47. The lowest BCUT2D eigenvalue weighted by Crippen LogP contribution is -2.30. The first-order valence-electron chi connectivity index (χ1n) is 8.76. The van der Waals surface area contributed by atoms with E-state index in [1.54, 1.807) is 12.1 Å². The van der Waals surface area contributed by atoms with E-state index in [1.807, 2.05) is 30.1 Å². The van der Waals surface area contributed by atoms with Gasteiger partial charge in [0.05, 0.1) is 23.1 Å². The van der Waals surface area contributed by atoms with E-state index in [1.165, 1.54) is 19.3 Å². The van der Waals surface area contributed by atoms with Crippen LogP contribution >= 0.6 is 15.9 Å². The van der Waals surface area contributed by atoms with Gasteiger partial charge in [-0.1, -0.05) is 6.07 Å². The highest BCUT2D eigenvalue weighted by atomic mass is 79.9. The third kappa shape index (κ3) is 3.31. The molecular formula is C19H20BrN5O. The van der Waals surface area contributed by atoms with Gasteiger partial charge in [0.15, 0.2) is 0 Å². The van der Waals surface area contributed by atoms with Crippen LogP contribution in [0.15, 0.2) is 41.1 Å². The molecule has 1 aliphatic rings. The number of benzene rings is 1. The van der Waals surface area contributed by atoms with Gasteiger partial charge in [-0.25, -0.2) is 4.98 Å². The number of rotatable bonds is 3. The van der Waals surface area contributed by atoms with Crippen molar-refractivity contribution in [3.8, 4) is 0 Å². The molecule has 1 amide bonds. The van der Waals surface area contributed by atoms with Crippen molar-refractivity contribution in [2.24, 2.45) is 7.05 Å². The number of amides is 1. The first-order chi connectivity index (χ1) is 12.6. The number of halogens is 1. The molecule has 1 aliphatic heterocycles. The molecule has 0 radical (unpaired) electrons. The molecule has 0 bridgehead atoms. The quantitative estimate of drug-likeness (QED) is 0.659. The molecule has 6 nitrogen and oxygen atoms in total. The summed E-state index contributed by atoms with van der Waals surface area (Å²) in [7, 11) is 1.91. The number of carbonyl (C=O) groups is 1. The van der Waals surface area contributed by atoms with Crippen molar-refractivity contribution in [3.63, 3.8) is 0 Å². The molecule has 134 valence electrons. The molecule has 1 aromatic carbocycles. The largest absolute Gasteiger partial charge is 0.370 e. The van der Waals surface area contributed by atoms with Crippen LogP contribution < -0.4 is 10.2 Å². The van der Waals surface area contributed by atoms with Gasteiger partial charge in [0, 0.05) is 25.5 Å². The highest BCUT2D eigenvalue weighted by Gasteiger charge is 2.19. The van der Waals surface area contributed by atoms with E-state index < -0.39 is 0 Å². The van der Waals surface area contributed by atoms with E-state index in [0.717, 1.165) is 35.4 Å². The van der Waals surface area contributed by atoms with Gasteiger partial charge < -0.3 is 10.2 Å². The van der Waals surface area contributed by atoms with E-state index in [9.17, 15) is 4.79 Å². The zero-order chi connectivity index (χ0) is 18.1. The summed E-state index contributed by atoms with van der Waals surface area (Å²) >= 11 is 3.32. The average Bonchev–Trinajstić information content (AvgIpc) is 3.02. The molecule has 1 fully saturated rings. The smallest absolute Gasteiger partial charge is 0.274 e. The Balaban J connectivity index is 1.73. The number of nitrogens with zero attached hydrogens (tertiary/aromatic N) is 4. The number of hydrogen-bond acceptors (Lipinski definition) is 4. The summed E-state index contributed by atoms with van der Waals surface area (Å²) in [6, 6.07) is 9.45. The SMILES string of the molecule is Cn1ncc2cc(N3CCCCC3)c(NC(=O)c3cccc(Br)n3)cc21. The molecule has 3 heterocycles. The van der Waals surface area contributed by atoms with E-state index in [4.69, 9.17) is 0 Å². The number of pyridine rings is 1. The second-order valence-corrected chi connectivity index (χ2v) is 7.36. The van der Waals surface area contributed by atoms with E-state index in [2.05, 4.69) is 42.3 Å².